The van der Waals surface area contributed by atoms with E-state index in [1.165, 1.54) is 13.0 Å². The molecular formula is C13H12F2O3S2. The summed E-state index contributed by atoms with van der Waals surface area (Å²) >= 11 is 1.02. The fraction of sp³-hybridized carbons (Fsp3) is 0.231. The number of hydrogen-bond donors (Lipinski definition) is 1. The number of halogens is 2. The van der Waals surface area contributed by atoms with Crippen molar-refractivity contribution in [3.05, 3.63) is 52.9 Å². The lowest BCUT2D eigenvalue weighted by Crippen LogP contribution is -2.31. The van der Waals surface area contributed by atoms with Gasteiger partial charge in [-0.05, 0) is 36.1 Å². The van der Waals surface area contributed by atoms with Crippen LogP contribution in [0.15, 0.2) is 39.9 Å². The van der Waals surface area contributed by atoms with Gasteiger partial charge >= 0.3 is 0 Å². The monoisotopic (exact) mass is 318 g/mol. The van der Waals surface area contributed by atoms with Crippen LogP contribution in [0, 0.1) is 11.6 Å². The maximum atomic E-state index is 13.2. The molecule has 1 atom stereocenters. The van der Waals surface area contributed by atoms with Gasteiger partial charge in [-0.25, -0.2) is 17.2 Å². The third-order valence-corrected chi connectivity index (χ3v) is 6.16. The first kappa shape index (κ1) is 15.1. The van der Waals surface area contributed by atoms with E-state index >= 15 is 0 Å². The molecule has 0 fully saturated rings. The molecule has 2 aromatic rings. The Bertz CT molecular complexity index is 687. The summed E-state index contributed by atoms with van der Waals surface area (Å²) in [4.78, 5) is 0. The molecule has 0 aliphatic rings. The van der Waals surface area contributed by atoms with Crippen LogP contribution in [-0.4, -0.2) is 19.3 Å². The van der Waals surface area contributed by atoms with Crippen LogP contribution in [-0.2, 0) is 15.4 Å². The zero-order valence-electron chi connectivity index (χ0n) is 10.5. The third kappa shape index (κ3) is 3.23. The first-order chi connectivity index (χ1) is 9.21. The van der Waals surface area contributed by atoms with Crippen LogP contribution >= 0.6 is 11.3 Å². The highest BCUT2D eigenvalue weighted by Gasteiger charge is 2.32. The Morgan fingerprint density at radius 3 is 2.35 bits per heavy atom. The first-order valence-corrected chi connectivity index (χ1v) is 8.19. The van der Waals surface area contributed by atoms with E-state index in [9.17, 15) is 22.3 Å². The van der Waals surface area contributed by atoms with Crippen molar-refractivity contribution in [2.75, 3.05) is 5.75 Å². The Kier molecular flexibility index (Phi) is 3.95. The summed E-state index contributed by atoms with van der Waals surface area (Å²) < 4.78 is 50.7. The maximum Gasteiger partial charge on any atom is 0.190 e. The molecule has 3 nitrogen and oxygen atoms in total. The Morgan fingerprint density at radius 2 is 1.85 bits per heavy atom. The lowest BCUT2D eigenvalue weighted by atomic mass is 9.98. The van der Waals surface area contributed by atoms with E-state index in [2.05, 4.69) is 0 Å². The predicted octanol–water partition coefficient (Wildman–Crippen LogP) is 2.71. The van der Waals surface area contributed by atoms with Gasteiger partial charge in [-0.3, -0.25) is 0 Å². The molecular weight excluding hydrogens is 306 g/mol. The lowest BCUT2D eigenvalue weighted by Gasteiger charge is -2.23. The van der Waals surface area contributed by atoms with Gasteiger partial charge in [0, 0.05) is 6.07 Å². The van der Waals surface area contributed by atoms with Crippen LogP contribution in [0.25, 0.3) is 0 Å². The van der Waals surface area contributed by atoms with Crippen molar-refractivity contribution in [1.82, 2.24) is 0 Å². The molecule has 1 unspecified atom stereocenters. The van der Waals surface area contributed by atoms with Gasteiger partial charge in [0.2, 0.25) is 0 Å². The number of aliphatic hydroxyl groups is 1. The zero-order valence-corrected chi connectivity index (χ0v) is 12.1. The highest BCUT2D eigenvalue weighted by Crippen LogP contribution is 2.28. The van der Waals surface area contributed by atoms with Gasteiger partial charge in [-0.2, -0.15) is 0 Å². The second-order valence-electron chi connectivity index (χ2n) is 4.62. The molecule has 108 valence electrons. The van der Waals surface area contributed by atoms with Gasteiger partial charge in [0.1, 0.15) is 21.4 Å². The van der Waals surface area contributed by atoms with Crippen molar-refractivity contribution in [2.45, 2.75) is 16.7 Å². The van der Waals surface area contributed by atoms with Crippen molar-refractivity contribution in [1.29, 1.82) is 0 Å². The van der Waals surface area contributed by atoms with E-state index in [0.717, 1.165) is 23.5 Å². The van der Waals surface area contributed by atoms with Gasteiger partial charge in [-0.15, -0.1) is 11.3 Å². The van der Waals surface area contributed by atoms with Crippen LogP contribution in [0.3, 0.4) is 0 Å². The van der Waals surface area contributed by atoms with Gasteiger partial charge in [-0.1, -0.05) is 6.07 Å². The third-order valence-electron chi connectivity index (χ3n) is 2.76. The molecule has 7 heteroatoms. The average molecular weight is 318 g/mol. The Balaban J connectivity index is 2.36. The SMILES string of the molecule is CC(O)(CS(=O)(=O)c1cccs1)c1cc(F)cc(F)c1. The van der Waals surface area contributed by atoms with E-state index < -0.39 is 32.8 Å². The minimum absolute atomic E-state index is 0.106. The number of thiophene rings is 1. The van der Waals surface area contributed by atoms with Crippen LogP contribution in [0.4, 0.5) is 8.78 Å². The Labute approximate surface area is 119 Å². The van der Waals surface area contributed by atoms with Crippen LogP contribution in [0.2, 0.25) is 0 Å². The van der Waals surface area contributed by atoms with E-state index in [1.54, 1.807) is 11.4 Å². The topological polar surface area (TPSA) is 54.4 Å². The minimum atomic E-state index is -3.72. The highest BCUT2D eigenvalue weighted by molar-refractivity contribution is 7.93. The largest absolute Gasteiger partial charge is 0.384 e. The maximum absolute atomic E-state index is 13.2. The summed E-state index contributed by atoms with van der Waals surface area (Å²) in [5.74, 6) is -2.38. The van der Waals surface area contributed by atoms with Crippen LogP contribution < -0.4 is 0 Å². The first-order valence-electron chi connectivity index (χ1n) is 5.66. The molecule has 0 aliphatic carbocycles. The summed E-state index contributed by atoms with van der Waals surface area (Å²) in [6.07, 6.45) is 0. The van der Waals surface area contributed by atoms with Crippen LogP contribution in [0.5, 0.6) is 0 Å². The number of rotatable bonds is 4. The quantitative estimate of drug-likeness (QED) is 0.943. The average Bonchev–Trinajstić information content (AvgIpc) is 2.79. The summed E-state index contributed by atoms with van der Waals surface area (Å²) in [6.45, 7) is 1.21. The summed E-state index contributed by atoms with van der Waals surface area (Å²) in [5, 5.41) is 11.9. The van der Waals surface area contributed by atoms with Crippen molar-refractivity contribution in [2.24, 2.45) is 0 Å². The highest BCUT2D eigenvalue weighted by atomic mass is 32.2. The molecule has 0 amide bonds. The smallest absolute Gasteiger partial charge is 0.190 e. The van der Waals surface area contributed by atoms with Crippen molar-refractivity contribution in [3.63, 3.8) is 0 Å². The molecule has 1 aromatic carbocycles. The molecule has 0 aliphatic heterocycles. The van der Waals surface area contributed by atoms with E-state index in [4.69, 9.17) is 0 Å². The molecule has 0 saturated heterocycles. The number of hydrogen-bond acceptors (Lipinski definition) is 4. The standard InChI is InChI=1S/C13H12F2O3S2/c1-13(16,9-5-10(14)7-11(15)6-9)8-20(17,18)12-3-2-4-19-12/h2-7,16H,8H2,1H3. The van der Waals surface area contributed by atoms with Gasteiger partial charge in [0.15, 0.2) is 9.84 Å². The predicted molar refractivity (Wildman–Crippen MR) is 72.3 cm³/mol. The summed E-state index contributed by atoms with van der Waals surface area (Å²) in [5.41, 5.74) is -2.00. The van der Waals surface area contributed by atoms with Gasteiger partial charge in [0.05, 0.1) is 5.75 Å². The fourth-order valence-corrected chi connectivity index (χ4v) is 4.54. The van der Waals surface area contributed by atoms with Gasteiger partial charge in [0.25, 0.3) is 0 Å². The van der Waals surface area contributed by atoms with Crippen molar-refractivity contribution in [3.8, 4) is 0 Å². The fourth-order valence-electron chi connectivity index (χ4n) is 1.83. The molecule has 1 N–H and O–H groups in total. The van der Waals surface area contributed by atoms with E-state index in [-0.39, 0.29) is 9.77 Å². The zero-order chi connectivity index (χ0) is 15.0. The molecule has 1 aromatic heterocycles. The molecule has 2 rings (SSSR count). The van der Waals surface area contributed by atoms with E-state index in [0.29, 0.717) is 6.07 Å². The molecule has 1 heterocycles. The lowest BCUT2D eigenvalue weighted by molar-refractivity contribution is 0.0812. The van der Waals surface area contributed by atoms with Gasteiger partial charge < -0.3 is 5.11 Å². The second kappa shape index (κ2) is 5.23. The minimum Gasteiger partial charge on any atom is -0.384 e. The van der Waals surface area contributed by atoms with Crippen molar-refractivity contribution < 1.29 is 22.3 Å². The molecule has 0 spiro atoms. The van der Waals surface area contributed by atoms with Crippen LogP contribution in [0.1, 0.15) is 12.5 Å². The molecule has 0 bridgehead atoms. The Hall–Kier alpha value is -1.31. The summed E-state index contributed by atoms with van der Waals surface area (Å²) in [6, 6.07) is 5.50. The Morgan fingerprint density at radius 1 is 1.25 bits per heavy atom. The normalized spacial score (nSPS) is 15.0. The number of benzene rings is 1. The molecule has 0 saturated carbocycles. The number of sulfone groups is 1. The molecule has 0 radical (unpaired) electrons. The summed E-state index contributed by atoms with van der Waals surface area (Å²) in [7, 11) is -3.72. The molecule has 20 heavy (non-hydrogen) atoms. The van der Waals surface area contributed by atoms with E-state index in [1.807, 2.05) is 0 Å². The second-order valence-corrected chi connectivity index (χ2v) is 7.79. The van der Waals surface area contributed by atoms with Crippen molar-refractivity contribution >= 4 is 21.2 Å².